The van der Waals surface area contributed by atoms with E-state index in [1.165, 1.54) is 11.3 Å². The molecule has 4 rings (SSSR count). The number of thioether (sulfide) groups is 1. The Morgan fingerprint density at radius 3 is 2.67 bits per heavy atom. The minimum Gasteiger partial charge on any atom is -0.492 e. The van der Waals surface area contributed by atoms with E-state index in [0.29, 0.717) is 6.61 Å². The van der Waals surface area contributed by atoms with Crippen molar-refractivity contribution >= 4 is 39.8 Å². The molecule has 6 nitrogen and oxygen atoms in total. The van der Waals surface area contributed by atoms with Gasteiger partial charge in [-0.2, -0.15) is 0 Å². The number of nitrogens with one attached hydrogen (secondary N) is 1. The van der Waals surface area contributed by atoms with Crippen LogP contribution in [0.5, 0.6) is 5.75 Å². The van der Waals surface area contributed by atoms with Crippen molar-refractivity contribution in [3.8, 4) is 5.75 Å². The van der Waals surface area contributed by atoms with Crippen LogP contribution in [0, 0.1) is 0 Å². The Bertz CT molecular complexity index is 985. The first-order chi connectivity index (χ1) is 14.7. The second kappa shape index (κ2) is 9.95. The van der Waals surface area contributed by atoms with Gasteiger partial charge in [-0.15, -0.1) is 10.2 Å². The van der Waals surface area contributed by atoms with E-state index in [9.17, 15) is 4.79 Å². The largest absolute Gasteiger partial charge is 0.492 e. The maximum Gasteiger partial charge on any atom is 0.253 e. The fourth-order valence-corrected chi connectivity index (χ4v) is 5.00. The lowest BCUT2D eigenvalue weighted by Crippen LogP contribution is -2.27. The number of para-hydroxylation sites is 2. The standard InChI is InChI=1S/C22H24N4O2S2/c1-2-28-19-8-4-3-7-18(19)23-21-24-25-22(30-21)29-15-16-9-11-17(12-10-16)20(27)26-13-5-6-14-26/h3-4,7-12H,2,5-6,13-15H2,1H3,(H,23,24). The molecular formula is C22H24N4O2S2. The van der Waals surface area contributed by atoms with Crippen LogP contribution in [0.15, 0.2) is 52.9 Å². The molecule has 0 bridgehead atoms. The molecule has 1 N–H and O–H groups in total. The zero-order chi connectivity index (χ0) is 20.8. The number of carbonyl (C=O) groups excluding carboxylic acids is 1. The van der Waals surface area contributed by atoms with Crippen molar-refractivity contribution in [2.24, 2.45) is 0 Å². The van der Waals surface area contributed by atoms with Crippen molar-refractivity contribution in [2.45, 2.75) is 29.9 Å². The molecule has 2 aromatic carbocycles. The van der Waals surface area contributed by atoms with Gasteiger partial charge in [-0.05, 0) is 49.6 Å². The molecule has 8 heteroatoms. The van der Waals surface area contributed by atoms with Gasteiger partial charge in [-0.1, -0.05) is 47.4 Å². The summed E-state index contributed by atoms with van der Waals surface area (Å²) < 4.78 is 6.53. The van der Waals surface area contributed by atoms with Crippen molar-refractivity contribution in [2.75, 3.05) is 25.0 Å². The molecule has 0 saturated carbocycles. The number of ether oxygens (including phenoxy) is 1. The number of hydrogen-bond donors (Lipinski definition) is 1. The topological polar surface area (TPSA) is 67.3 Å². The second-order valence-electron chi connectivity index (χ2n) is 6.91. The predicted molar refractivity (Wildman–Crippen MR) is 122 cm³/mol. The number of aromatic nitrogens is 2. The van der Waals surface area contributed by atoms with Gasteiger partial charge in [0.15, 0.2) is 4.34 Å². The summed E-state index contributed by atoms with van der Waals surface area (Å²) in [4.78, 5) is 14.4. The molecule has 156 valence electrons. The smallest absolute Gasteiger partial charge is 0.253 e. The minimum atomic E-state index is 0.138. The molecule has 30 heavy (non-hydrogen) atoms. The van der Waals surface area contributed by atoms with Crippen LogP contribution in [-0.4, -0.2) is 40.7 Å². The normalized spacial score (nSPS) is 13.4. The summed E-state index contributed by atoms with van der Waals surface area (Å²) in [6.45, 7) is 4.32. The van der Waals surface area contributed by atoms with Crippen LogP contribution < -0.4 is 10.1 Å². The first-order valence-electron chi connectivity index (χ1n) is 10.1. The highest BCUT2D eigenvalue weighted by molar-refractivity contribution is 8.00. The number of likely N-dealkylation sites (tertiary alicyclic amines) is 1. The molecular weight excluding hydrogens is 416 g/mol. The Labute approximate surface area is 184 Å². The van der Waals surface area contributed by atoms with Crippen molar-refractivity contribution in [3.63, 3.8) is 0 Å². The summed E-state index contributed by atoms with van der Waals surface area (Å²) in [5.41, 5.74) is 2.80. The lowest BCUT2D eigenvalue weighted by molar-refractivity contribution is 0.0793. The van der Waals surface area contributed by atoms with Gasteiger partial charge >= 0.3 is 0 Å². The Kier molecular flexibility index (Phi) is 6.86. The van der Waals surface area contributed by atoms with Crippen LogP contribution in [0.1, 0.15) is 35.7 Å². The average molecular weight is 441 g/mol. The molecule has 1 fully saturated rings. The molecule has 0 radical (unpaired) electrons. The van der Waals surface area contributed by atoms with Crippen LogP contribution in [0.4, 0.5) is 10.8 Å². The Balaban J connectivity index is 1.33. The summed E-state index contributed by atoms with van der Waals surface area (Å²) in [7, 11) is 0. The van der Waals surface area contributed by atoms with Gasteiger partial charge in [0.2, 0.25) is 5.13 Å². The number of benzene rings is 2. The zero-order valence-corrected chi connectivity index (χ0v) is 18.5. The summed E-state index contributed by atoms with van der Waals surface area (Å²) in [6, 6.07) is 15.7. The third-order valence-electron chi connectivity index (χ3n) is 4.79. The van der Waals surface area contributed by atoms with E-state index in [2.05, 4.69) is 15.5 Å². The number of nitrogens with zero attached hydrogens (tertiary/aromatic N) is 3. The van der Waals surface area contributed by atoms with E-state index in [4.69, 9.17) is 4.74 Å². The molecule has 0 atom stereocenters. The van der Waals surface area contributed by atoms with Gasteiger partial charge in [0.1, 0.15) is 5.75 Å². The van der Waals surface area contributed by atoms with Crippen molar-refractivity contribution in [3.05, 3.63) is 59.7 Å². The van der Waals surface area contributed by atoms with Crippen LogP contribution in [0.3, 0.4) is 0 Å². The third kappa shape index (κ3) is 5.12. The fourth-order valence-electron chi connectivity index (χ4n) is 3.28. The third-order valence-corrected chi connectivity index (χ3v) is 6.83. The van der Waals surface area contributed by atoms with Gasteiger partial charge < -0.3 is 15.0 Å². The monoisotopic (exact) mass is 440 g/mol. The second-order valence-corrected chi connectivity index (χ2v) is 9.11. The van der Waals surface area contributed by atoms with Gasteiger partial charge in [-0.25, -0.2) is 0 Å². The van der Waals surface area contributed by atoms with Crippen LogP contribution >= 0.6 is 23.1 Å². The number of carbonyl (C=O) groups is 1. The van der Waals surface area contributed by atoms with Crippen molar-refractivity contribution in [1.82, 2.24) is 15.1 Å². The molecule has 1 aromatic heterocycles. The maximum atomic E-state index is 12.4. The van der Waals surface area contributed by atoms with E-state index >= 15 is 0 Å². The molecule has 0 unspecified atom stereocenters. The molecule has 0 spiro atoms. The highest BCUT2D eigenvalue weighted by Crippen LogP contribution is 2.32. The fraction of sp³-hybridized carbons (Fsp3) is 0.318. The molecule has 3 aromatic rings. The molecule has 1 saturated heterocycles. The maximum absolute atomic E-state index is 12.4. The molecule has 1 aliphatic heterocycles. The quantitative estimate of drug-likeness (QED) is 0.485. The summed E-state index contributed by atoms with van der Waals surface area (Å²) in [5.74, 6) is 1.72. The van der Waals surface area contributed by atoms with Crippen LogP contribution in [0.2, 0.25) is 0 Å². The van der Waals surface area contributed by atoms with Crippen molar-refractivity contribution < 1.29 is 9.53 Å². The molecule has 2 heterocycles. The van der Waals surface area contributed by atoms with Gasteiger partial charge in [0.05, 0.1) is 12.3 Å². The van der Waals surface area contributed by atoms with Crippen molar-refractivity contribution in [1.29, 1.82) is 0 Å². The Morgan fingerprint density at radius 2 is 1.90 bits per heavy atom. The number of hydrogen-bond acceptors (Lipinski definition) is 7. The SMILES string of the molecule is CCOc1ccccc1Nc1nnc(SCc2ccc(C(=O)N3CCCC3)cc2)s1. The lowest BCUT2D eigenvalue weighted by atomic mass is 10.1. The highest BCUT2D eigenvalue weighted by atomic mass is 32.2. The molecule has 1 aliphatic rings. The van der Waals surface area contributed by atoms with Gasteiger partial charge in [0, 0.05) is 24.4 Å². The van der Waals surface area contributed by atoms with Gasteiger partial charge in [-0.3, -0.25) is 4.79 Å². The van der Waals surface area contributed by atoms with E-state index < -0.39 is 0 Å². The number of anilines is 2. The lowest BCUT2D eigenvalue weighted by Gasteiger charge is -2.15. The molecule has 0 aliphatic carbocycles. The van der Waals surface area contributed by atoms with Crippen LogP contribution in [-0.2, 0) is 5.75 Å². The summed E-state index contributed by atoms with van der Waals surface area (Å²) >= 11 is 3.15. The average Bonchev–Trinajstić information content (AvgIpc) is 3.46. The first kappa shape index (κ1) is 20.7. The number of amides is 1. The van der Waals surface area contributed by atoms with E-state index in [1.54, 1.807) is 11.8 Å². The molecule has 1 amide bonds. The van der Waals surface area contributed by atoms with E-state index in [0.717, 1.165) is 63.7 Å². The van der Waals surface area contributed by atoms with E-state index in [-0.39, 0.29) is 5.91 Å². The zero-order valence-electron chi connectivity index (χ0n) is 16.8. The summed E-state index contributed by atoms with van der Waals surface area (Å²) in [6.07, 6.45) is 2.22. The Hall–Kier alpha value is -2.58. The van der Waals surface area contributed by atoms with E-state index in [1.807, 2.05) is 60.4 Å². The van der Waals surface area contributed by atoms with Gasteiger partial charge in [0.25, 0.3) is 5.91 Å². The minimum absolute atomic E-state index is 0.138. The van der Waals surface area contributed by atoms with Crippen LogP contribution in [0.25, 0.3) is 0 Å². The Morgan fingerprint density at radius 1 is 1.13 bits per heavy atom. The summed E-state index contributed by atoms with van der Waals surface area (Å²) in [5, 5.41) is 12.5. The first-order valence-corrected chi connectivity index (χ1v) is 11.9. The highest BCUT2D eigenvalue weighted by Gasteiger charge is 2.19. The number of rotatable bonds is 8. The predicted octanol–water partition coefficient (Wildman–Crippen LogP) is 5.21.